The average Bonchev–Trinajstić information content (AvgIpc) is 2.74. The van der Waals surface area contributed by atoms with Gasteiger partial charge in [0.1, 0.15) is 12.2 Å². The van der Waals surface area contributed by atoms with Gasteiger partial charge in [0, 0.05) is 18.5 Å². The molecule has 1 aromatic rings. The molecule has 2 atom stereocenters. The standard InChI is InChI=1S/C13H18N4O2/c1-4-17-12(13(18)15-6-5-14)10-7-8(2)19-9(3)11(10)16-17/h8-9H,4,6-7H2,1-3H3,(H,15,18)/t8-,9+/m0/s1. The van der Waals surface area contributed by atoms with Gasteiger partial charge in [0.2, 0.25) is 0 Å². The first-order valence-electron chi connectivity index (χ1n) is 6.48. The molecule has 0 unspecified atom stereocenters. The molecule has 0 fully saturated rings. The highest BCUT2D eigenvalue weighted by Gasteiger charge is 2.31. The van der Waals surface area contributed by atoms with Gasteiger partial charge in [0.15, 0.2) is 0 Å². The Morgan fingerprint density at radius 1 is 1.63 bits per heavy atom. The summed E-state index contributed by atoms with van der Waals surface area (Å²) in [5.41, 5.74) is 2.35. The van der Waals surface area contributed by atoms with Crippen LogP contribution in [0.25, 0.3) is 0 Å². The number of ether oxygens (including phenoxy) is 1. The predicted molar refractivity (Wildman–Crippen MR) is 68.5 cm³/mol. The lowest BCUT2D eigenvalue weighted by Gasteiger charge is -2.24. The Hall–Kier alpha value is -1.87. The number of hydrogen-bond acceptors (Lipinski definition) is 4. The minimum atomic E-state index is -0.238. The van der Waals surface area contributed by atoms with Crippen LogP contribution in [0, 0.1) is 11.3 Å². The van der Waals surface area contributed by atoms with Gasteiger partial charge in [-0.2, -0.15) is 10.4 Å². The molecule has 0 saturated heterocycles. The molecule has 102 valence electrons. The van der Waals surface area contributed by atoms with E-state index in [1.54, 1.807) is 4.68 Å². The molecule has 2 rings (SSSR count). The Labute approximate surface area is 112 Å². The van der Waals surface area contributed by atoms with E-state index in [1.807, 2.05) is 26.8 Å². The fourth-order valence-electron chi connectivity index (χ4n) is 2.48. The third kappa shape index (κ3) is 2.47. The van der Waals surface area contributed by atoms with E-state index in [-0.39, 0.29) is 24.7 Å². The van der Waals surface area contributed by atoms with Crippen molar-refractivity contribution in [1.82, 2.24) is 15.1 Å². The molecule has 1 aromatic heterocycles. The first-order chi connectivity index (χ1) is 9.08. The molecule has 1 aliphatic heterocycles. The first-order valence-corrected chi connectivity index (χ1v) is 6.48. The summed E-state index contributed by atoms with van der Waals surface area (Å²) in [6.07, 6.45) is 0.642. The number of hydrogen-bond donors (Lipinski definition) is 1. The number of nitriles is 1. The van der Waals surface area contributed by atoms with E-state index >= 15 is 0 Å². The Balaban J connectivity index is 2.42. The van der Waals surface area contributed by atoms with Crippen molar-refractivity contribution in [3.63, 3.8) is 0 Å². The summed E-state index contributed by atoms with van der Waals surface area (Å²) in [5, 5.41) is 15.6. The maximum Gasteiger partial charge on any atom is 0.270 e. The van der Waals surface area contributed by atoms with Gasteiger partial charge in [-0.1, -0.05) is 0 Å². The fraction of sp³-hybridized carbons (Fsp3) is 0.615. The van der Waals surface area contributed by atoms with Gasteiger partial charge in [-0.15, -0.1) is 0 Å². The van der Waals surface area contributed by atoms with Crippen molar-refractivity contribution >= 4 is 5.91 Å². The zero-order valence-electron chi connectivity index (χ0n) is 11.4. The molecule has 0 aliphatic carbocycles. The maximum absolute atomic E-state index is 12.2. The van der Waals surface area contributed by atoms with Crippen LogP contribution in [0.3, 0.4) is 0 Å². The molecule has 6 heteroatoms. The van der Waals surface area contributed by atoms with Crippen LogP contribution < -0.4 is 5.32 Å². The van der Waals surface area contributed by atoms with Crippen molar-refractivity contribution in [2.45, 2.75) is 45.9 Å². The number of aryl methyl sites for hydroxylation is 1. The van der Waals surface area contributed by atoms with Gasteiger partial charge >= 0.3 is 0 Å². The fourth-order valence-corrected chi connectivity index (χ4v) is 2.48. The Bertz CT molecular complexity index is 529. The molecule has 0 aromatic carbocycles. The van der Waals surface area contributed by atoms with Crippen molar-refractivity contribution < 1.29 is 9.53 Å². The lowest BCUT2D eigenvalue weighted by molar-refractivity contribution is -0.00712. The molecule has 6 nitrogen and oxygen atoms in total. The average molecular weight is 262 g/mol. The normalized spacial score (nSPS) is 21.6. The number of nitrogens with one attached hydrogen (secondary N) is 1. The third-order valence-corrected chi connectivity index (χ3v) is 3.24. The first kappa shape index (κ1) is 13.6. The van der Waals surface area contributed by atoms with E-state index in [2.05, 4.69) is 10.4 Å². The van der Waals surface area contributed by atoms with E-state index in [1.165, 1.54) is 0 Å². The Kier molecular flexibility index (Phi) is 3.86. The summed E-state index contributed by atoms with van der Waals surface area (Å²) in [6, 6.07) is 1.91. The number of amides is 1. The molecular formula is C13H18N4O2. The second-order valence-corrected chi connectivity index (χ2v) is 4.66. The topological polar surface area (TPSA) is 79.9 Å². The van der Waals surface area contributed by atoms with Gasteiger partial charge in [-0.25, -0.2) is 0 Å². The molecule has 2 heterocycles. The van der Waals surface area contributed by atoms with Crippen LogP contribution in [0.5, 0.6) is 0 Å². The molecule has 0 bridgehead atoms. The third-order valence-electron chi connectivity index (χ3n) is 3.24. The summed E-state index contributed by atoms with van der Waals surface area (Å²) >= 11 is 0. The molecule has 1 aliphatic rings. The number of carbonyl (C=O) groups excluding carboxylic acids is 1. The SMILES string of the molecule is CCn1nc2c(c1C(=O)NCC#N)C[C@H](C)O[C@@H]2C. The lowest BCUT2D eigenvalue weighted by atomic mass is 9.99. The molecule has 19 heavy (non-hydrogen) atoms. The monoisotopic (exact) mass is 262 g/mol. The number of fused-ring (bicyclic) bond motifs is 1. The van der Waals surface area contributed by atoms with Crippen LogP contribution >= 0.6 is 0 Å². The Morgan fingerprint density at radius 3 is 3.00 bits per heavy atom. The molecule has 1 N–H and O–H groups in total. The summed E-state index contributed by atoms with van der Waals surface area (Å²) in [6.45, 7) is 6.49. The molecular weight excluding hydrogens is 244 g/mol. The largest absolute Gasteiger partial charge is 0.369 e. The van der Waals surface area contributed by atoms with E-state index in [9.17, 15) is 4.79 Å². The summed E-state index contributed by atoms with van der Waals surface area (Å²) in [5.74, 6) is -0.238. The second-order valence-electron chi connectivity index (χ2n) is 4.66. The van der Waals surface area contributed by atoms with Crippen LogP contribution in [-0.4, -0.2) is 28.3 Å². The minimum Gasteiger partial charge on any atom is -0.369 e. The Morgan fingerprint density at radius 2 is 2.37 bits per heavy atom. The van der Waals surface area contributed by atoms with Crippen molar-refractivity contribution in [3.05, 3.63) is 17.0 Å². The molecule has 1 amide bonds. The highest BCUT2D eigenvalue weighted by molar-refractivity contribution is 5.94. The van der Waals surface area contributed by atoms with Crippen LogP contribution in [0.4, 0.5) is 0 Å². The van der Waals surface area contributed by atoms with E-state index in [0.29, 0.717) is 18.7 Å². The van der Waals surface area contributed by atoms with Crippen LogP contribution in [0.2, 0.25) is 0 Å². The van der Waals surface area contributed by atoms with Gasteiger partial charge in [-0.05, 0) is 20.8 Å². The summed E-state index contributed by atoms with van der Waals surface area (Å²) in [7, 11) is 0. The van der Waals surface area contributed by atoms with E-state index in [0.717, 1.165) is 11.3 Å². The van der Waals surface area contributed by atoms with Gasteiger partial charge in [0.05, 0.1) is 24.0 Å². The number of rotatable bonds is 3. The van der Waals surface area contributed by atoms with Crippen LogP contribution in [0.15, 0.2) is 0 Å². The van der Waals surface area contributed by atoms with Crippen molar-refractivity contribution in [3.8, 4) is 6.07 Å². The quantitative estimate of drug-likeness (QED) is 0.829. The van der Waals surface area contributed by atoms with Crippen LogP contribution in [0.1, 0.15) is 48.6 Å². The number of carbonyl (C=O) groups is 1. The van der Waals surface area contributed by atoms with Crippen molar-refractivity contribution in [2.75, 3.05) is 6.54 Å². The number of nitrogens with zero attached hydrogens (tertiary/aromatic N) is 3. The summed E-state index contributed by atoms with van der Waals surface area (Å²) < 4.78 is 7.42. The predicted octanol–water partition coefficient (Wildman–Crippen LogP) is 1.18. The van der Waals surface area contributed by atoms with Crippen LogP contribution in [-0.2, 0) is 17.7 Å². The van der Waals surface area contributed by atoms with Crippen molar-refractivity contribution in [1.29, 1.82) is 5.26 Å². The van der Waals surface area contributed by atoms with Crippen molar-refractivity contribution in [2.24, 2.45) is 0 Å². The van der Waals surface area contributed by atoms with E-state index in [4.69, 9.17) is 10.00 Å². The zero-order chi connectivity index (χ0) is 14.0. The molecule has 0 radical (unpaired) electrons. The smallest absolute Gasteiger partial charge is 0.270 e. The molecule has 0 saturated carbocycles. The summed E-state index contributed by atoms with van der Waals surface area (Å²) in [4.78, 5) is 12.2. The van der Waals surface area contributed by atoms with Gasteiger partial charge in [-0.3, -0.25) is 9.48 Å². The van der Waals surface area contributed by atoms with E-state index < -0.39 is 0 Å². The lowest BCUT2D eigenvalue weighted by Crippen LogP contribution is -2.29. The van der Waals surface area contributed by atoms with Gasteiger partial charge < -0.3 is 10.1 Å². The maximum atomic E-state index is 12.2. The highest BCUT2D eigenvalue weighted by atomic mass is 16.5. The highest BCUT2D eigenvalue weighted by Crippen LogP contribution is 2.31. The van der Waals surface area contributed by atoms with Gasteiger partial charge in [0.25, 0.3) is 5.91 Å². The zero-order valence-corrected chi connectivity index (χ0v) is 11.4. The number of aromatic nitrogens is 2. The minimum absolute atomic E-state index is 0.00408. The molecule has 0 spiro atoms. The second kappa shape index (κ2) is 5.41.